The van der Waals surface area contributed by atoms with Crippen LogP contribution in [0.15, 0.2) is 6.07 Å². The van der Waals surface area contributed by atoms with Gasteiger partial charge in [-0.2, -0.15) is 4.98 Å². The Balaban J connectivity index is 2.56. The van der Waals surface area contributed by atoms with Crippen molar-refractivity contribution in [3.05, 3.63) is 11.8 Å². The summed E-state index contributed by atoms with van der Waals surface area (Å²) in [6.45, 7) is 6.81. The Kier molecular flexibility index (Phi) is 5.69. The Morgan fingerprint density at radius 2 is 2.12 bits per heavy atom. The van der Waals surface area contributed by atoms with Crippen molar-refractivity contribution in [2.45, 2.75) is 39.7 Å². The SMILES string of the molecule is Cc1cc(OC(C)C)nc(NCCCCO)n1. The van der Waals surface area contributed by atoms with Crippen LogP contribution in [-0.4, -0.2) is 34.3 Å². The number of rotatable bonds is 7. The number of unbranched alkanes of at least 4 members (excludes halogenated alkanes) is 1. The van der Waals surface area contributed by atoms with Crippen molar-refractivity contribution in [2.24, 2.45) is 0 Å². The zero-order chi connectivity index (χ0) is 12.7. The fourth-order valence-electron chi connectivity index (χ4n) is 1.36. The normalized spacial score (nSPS) is 10.6. The molecule has 1 aromatic heterocycles. The number of hydrogen-bond acceptors (Lipinski definition) is 5. The van der Waals surface area contributed by atoms with Gasteiger partial charge in [-0.1, -0.05) is 0 Å². The third kappa shape index (κ3) is 5.49. The predicted octanol–water partition coefficient (Wildman–Crippen LogP) is 1.76. The number of aromatic nitrogens is 2. The first kappa shape index (κ1) is 13.7. The Labute approximate surface area is 102 Å². The van der Waals surface area contributed by atoms with E-state index >= 15 is 0 Å². The Hall–Kier alpha value is -1.36. The average molecular weight is 239 g/mol. The molecule has 0 atom stereocenters. The van der Waals surface area contributed by atoms with E-state index in [9.17, 15) is 0 Å². The van der Waals surface area contributed by atoms with Crippen LogP contribution in [0.4, 0.5) is 5.95 Å². The lowest BCUT2D eigenvalue weighted by molar-refractivity contribution is 0.232. The molecule has 0 saturated carbocycles. The molecule has 0 fully saturated rings. The highest BCUT2D eigenvalue weighted by atomic mass is 16.5. The zero-order valence-electron chi connectivity index (χ0n) is 10.7. The molecule has 0 spiro atoms. The smallest absolute Gasteiger partial charge is 0.226 e. The van der Waals surface area contributed by atoms with Crippen molar-refractivity contribution in [1.82, 2.24) is 9.97 Å². The van der Waals surface area contributed by atoms with Crippen LogP contribution in [0.2, 0.25) is 0 Å². The van der Waals surface area contributed by atoms with Crippen molar-refractivity contribution in [1.29, 1.82) is 0 Å². The quantitative estimate of drug-likeness (QED) is 0.710. The van der Waals surface area contributed by atoms with Gasteiger partial charge < -0.3 is 15.2 Å². The summed E-state index contributed by atoms with van der Waals surface area (Å²) in [6, 6.07) is 1.82. The second kappa shape index (κ2) is 7.06. The maximum Gasteiger partial charge on any atom is 0.226 e. The fraction of sp³-hybridized carbons (Fsp3) is 0.667. The van der Waals surface area contributed by atoms with Crippen LogP contribution in [0.1, 0.15) is 32.4 Å². The number of nitrogens with zero attached hydrogens (tertiary/aromatic N) is 2. The molecular weight excluding hydrogens is 218 g/mol. The van der Waals surface area contributed by atoms with Crippen LogP contribution >= 0.6 is 0 Å². The van der Waals surface area contributed by atoms with Crippen molar-refractivity contribution in [3.63, 3.8) is 0 Å². The van der Waals surface area contributed by atoms with E-state index in [1.54, 1.807) is 0 Å². The van der Waals surface area contributed by atoms with Crippen LogP contribution in [0.3, 0.4) is 0 Å². The van der Waals surface area contributed by atoms with Crippen molar-refractivity contribution >= 4 is 5.95 Å². The molecule has 0 saturated heterocycles. The molecular formula is C12H21N3O2. The van der Waals surface area contributed by atoms with Crippen LogP contribution in [-0.2, 0) is 0 Å². The summed E-state index contributed by atoms with van der Waals surface area (Å²) < 4.78 is 5.53. The van der Waals surface area contributed by atoms with Crippen molar-refractivity contribution in [3.8, 4) is 5.88 Å². The molecule has 0 aromatic carbocycles. The van der Waals surface area contributed by atoms with Gasteiger partial charge in [-0.05, 0) is 33.6 Å². The van der Waals surface area contributed by atoms with E-state index in [2.05, 4.69) is 15.3 Å². The molecule has 1 rings (SSSR count). The van der Waals surface area contributed by atoms with E-state index in [1.807, 2.05) is 26.8 Å². The molecule has 0 aliphatic heterocycles. The van der Waals surface area contributed by atoms with Crippen molar-refractivity contribution < 1.29 is 9.84 Å². The number of nitrogens with one attached hydrogen (secondary N) is 1. The van der Waals surface area contributed by atoms with Gasteiger partial charge in [0.25, 0.3) is 0 Å². The second-order valence-corrected chi connectivity index (χ2v) is 4.20. The maximum absolute atomic E-state index is 8.67. The summed E-state index contributed by atoms with van der Waals surface area (Å²) >= 11 is 0. The Bertz CT molecular complexity index is 343. The summed E-state index contributed by atoms with van der Waals surface area (Å²) in [5.41, 5.74) is 0.875. The van der Waals surface area contributed by atoms with E-state index in [4.69, 9.17) is 9.84 Å². The van der Waals surface area contributed by atoms with Gasteiger partial charge in [0, 0.05) is 24.9 Å². The van der Waals surface area contributed by atoms with Gasteiger partial charge in [0.05, 0.1) is 6.10 Å². The molecule has 0 unspecified atom stereocenters. The number of aryl methyl sites for hydroxylation is 1. The topological polar surface area (TPSA) is 67.3 Å². The van der Waals surface area contributed by atoms with Gasteiger partial charge in [-0.3, -0.25) is 0 Å². The first-order chi connectivity index (χ1) is 8.11. The third-order valence-corrected chi connectivity index (χ3v) is 2.06. The summed E-state index contributed by atoms with van der Waals surface area (Å²) in [7, 11) is 0. The van der Waals surface area contributed by atoms with Crippen molar-refractivity contribution in [2.75, 3.05) is 18.5 Å². The molecule has 17 heavy (non-hydrogen) atoms. The number of aliphatic hydroxyl groups excluding tert-OH is 1. The zero-order valence-corrected chi connectivity index (χ0v) is 10.7. The number of ether oxygens (including phenoxy) is 1. The second-order valence-electron chi connectivity index (χ2n) is 4.20. The Morgan fingerprint density at radius 1 is 1.35 bits per heavy atom. The van der Waals surface area contributed by atoms with E-state index < -0.39 is 0 Å². The number of anilines is 1. The maximum atomic E-state index is 8.67. The molecule has 0 bridgehead atoms. The van der Waals surface area contributed by atoms with E-state index in [0.29, 0.717) is 11.8 Å². The van der Waals surface area contributed by atoms with Crippen LogP contribution < -0.4 is 10.1 Å². The highest BCUT2D eigenvalue weighted by Crippen LogP contribution is 2.13. The number of aliphatic hydroxyl groups is 1. The molecule has 5 nitrogen and oxygen atoms in total. The van der Waals surface area contributed by atoms with E-state index in [1.165, 1.54) is 0 Å². The monoisotopic (exact) mass is 239 g/mol. The lowest BCUT2D eigenvalue weighted by Gasteiger charge is -2.11. The molecule has 2 N–H and O–H groups in total. The highest BCUT2D eigenvalue weighted by Gasteiger charge is 2.04. The molecule has 5 heteroatoms. The van der Waals surface area contributed by atoms with E-state index in [-0.39, 0.29) is 12.7 Å². The van der Waals surface area contributed by atoms with Crippen LogP contribution in [0, 0.1) is 6.92 Å². The molecule has 1 aromatic rings. The largest absolute Gasteiger partial charge is 0.475 e. The first-order valence-electron chi connectivity index (χ1n) is 5.99. The predicted molar refractivity (Wildman–Crippen MR) is 67.3 cm³/mol. The fourth-order valence-corrected chi connectivity index (χ4v) is 1.36. The molecule has 96 valence electrons. The van der Waals surface area contributed by atoms with Gasteiger partial charge in [0.1, 0.15) is 0 Å². The first-order valence-corrected chi connectivity index (χ1v) is 5.99. The molecule has 1 heterocycles. The van der Waals surface area contributed by atoms with Gasteiger partial charge >= 0.3 is 0 Å². The summed E-state index contributed by atoms with van der Waals surface area (Å²) in [5, 5.41) is 11.8. The van der Waals surface area contributed by atoms with Crippen LogP contribution in [0.25, 0.3) is 0 Å². The summed E-state index contributed by atoms with van der Waals surface area (Å²) in [4.78, 5) is 8.54. The minimum atomic E-state index is 0.103. The molecule has 0 aliphatic carbocycles. The molecule has 0 radical (unpaired) electrons. The average Bonchev–Trinajstić information content (AvgIpc) is 2.22. The highest BCUT2D eigenvalue weighted by molar-refractivity contribution is 5.30. The summed E-state index contributed by atoms with van der Waals surface area (Å²) in [5.74, 6) is 1.18. The minimum Gasteiger partial charge on any atom is -0.475 e. The van der Waals surface area contributed by atoms with Gasteiger partial charge in [0.15, 0.2) is 0 Å². The standard InChI is InChI=1S/C12H21N3O2/c1-9(2)17-11-8-10(3)14-12(15-11)13-6-4-5-7-16/h8-9,16H,4-7H2,1-3H3,(H,13,14,15). The lowest BCUT2D eigenvalue weighted by atomic mass is 10.3. The minimum absolute atomic E-state index is 0.103. The van der Waals surface area contributed by atoms with Crippen LogP contribution in [0.5, 0.6) is 5.88 Å². The lowest BCUT2D eigenvalue weighted by Crippen LogP contribution is -2.11. The third-order valence-electron chi connectivity index (χ3n) is 2.06. The molecule has 0 aliphatic rings. The van der Waals surface area contributed by atoms with Gasteiger partial charge in [0.2, 0.25) is 11.8 Å². The summed E-state index contributed by atoms with van der Waals surface area (Å²) in [6.07, 6.45) is 1.79. The van der Waals surface area contributed by atoms with Gasteiger partial charge in [-0.25, -0.2) is 4.98 Å². The number of hydrogen-bond donors (Lipinski definition) is 2. The van der Waals surface area contributed by atoms with E-state index in [0.717, 1.165) is 25.1 Å². The van der Waals surface area contributed by atoms with Gasteiger partial charge in [-0.15, -0.1) is 0 Å². The molecule has 0 amide bonds. The Morgan fingerprint density at radius 3 is 2.76 bits per heavy atom.